The molecule has 0 bridgehead atoms. The Bertz CT molecular complexity index is 616. The highest BCUT2D eigenvalue weighted by atomic mass is 79.9. The van der Waals surface area contributed by atoms with Crippen LogP contribution >= 0.6 is 15.9 Å². The molecule has 0 fully saturated rings. The lowest BCUT2D eigenvalue weighted by atomic mass is 10.1. The van der Waals surface area contributed by atoms with Gasteiger partial charge in [-0.25, -0.2) is 0 Å². The van der Waals surface area contributed by atoms with E-state index in [1.54, 1.807) is 18.2 Å². The van der Waals surface area contributed by atoms with E-state index in [9.17, 15) is 9.90 Å². The first kappa shape index (κ1) is 15.5. The van der Waals surface area contributed by atoms with Gasteiger partial charge in [0.25, 0.3) is 5.91 Å². The number of amides is 1. The summed E-state index contributed by atoms with van der Waals surface area (Å²) in [6.45, 7) is 0.349. The zero-order chi connectivity index (χ0) is 15.2. The highest BCUT2D eigenvalue weighted by Gasteiger charge is 2.14. The molecule has 0 aromatic heterocycles. The molecule has 0 aliphatic heterocycles. The van der Waals surface area contributed by atoms with Crippen molar-refractivity contribution in [1.29, 1.82) is 0 Å². The maximum atomic E-state index is 11.5. The SMILES string of the molecule is NC(=O)c1cc([C@@H](O)CBr)ccc1OCc1ccccc1. The van der Waals surface area contributed by atoms with Crippen molar-refractivity contribution in [3.8, 4) is 5.75 Å². The van der Waals surface area contributed by atoms with Gasteiger partial charge in [-0.2, -0.15) is 0 Å². The van der Waals surface area contributed by atoms with Crippen LogP contribution in [0.4, 0.5) is 0 Å². The fraction of sp³-hybridized carbons (Fsp3) is 0.188. The molecule has 0 aliphatic carbocycles. The van der Waals surface area contributed by atoms with E-state index in [2.05, 4.69) is 15.9 Å². The third-order valence-corrected chi connectivity index (χ3v) is 3.65. The second kappa shape index (κ2) is 7.24. The summed E-state index contributed by atoms with van der Waals surface area (Å²) in [5, 5.41) is 10.2. The summed E-state index contributed by atoms with van der Waals surface area (Å²) in [5.74, 6) is -0.168. The number of rotatable bonds is 6. The van der Waals surface area contributed by atoms with Crippen LogP contribution < -0.4 is 10.5 Å². The average molecular weight is 350 g/mol. The molecule has 0 saturated carbocycles. The molecule has 0 saturated heterocycles. The number of hydrogen-bond acceptors (Lipinski definition) is 3. The first-order chi connectivity index (χ1) is 10.1. The maximum absolute atomic E-state index is 11.5. The second-order valence-electron chi connectivity index (χ2n) is 4.56. The molecular weight excluding hydrogens is 334 g/mol. The van der Waals surface area contributed by atoms with Crippen LogP contribution in [-0.2, 0) is 6.61 Å². The molecule has 0 spiro atoms. The molecule has 2 aromatic rings. The molecule has 0 heterocycles. The molecule has 0 radical (unpaired) electrons. The summed E-state index contributed by atoms with van der Waals surface area (Å²) >= 11 is 3.20. The smallest absolute Gasteiger partial charge is 0.252 e. The van der Waals surface area contributed by atoms with Gasteiger partial charge in [0.2, 0.25) is 0 Å². The van der Waals surface area contributed by atoms with Crippen LogP contribution in [0.25, 0.3) is 0 Å². The topological polar surface area (TPSA) is 72.6 Å². The lowest BCUT2D eigenvalue weighted by Gasteiger charge is -2.13. The lowest BCUT2D eigenvalue weighted by Crippen LogP contribution is -2.14. The van der Waals surface area contributed by atoms with Crippen molar-refractivity contribution in [2.24, 2.45) is 5.73 Å². The van der Waals surface area contributed by atoms with E-state index in [0.717, 1.165) is 5.56 Å². The predicted octanol–water partition coefficient (Wildman–Crippen LogP) is 2.79. The van der Waals surface area contributed by atoms with Gasteiger partial charge < -0.3 is 15.6 Å². The highest BCUT2D eigenvalue weighted by Crippen LogP contribution is 2.25. The van der Waals surface area contributed by atoms with E-state index in [0.29, 0.717) is 23.2 Å². The van der Waals surface area contributed by atoms with E-state index in [1.165, 1.54) is 0 Å². The Morgan fingerprint density at radius 3 is 2.57 bits per heavy atom. The van der Waals surface area contributed by atoms with E-state index in [4.69, 9.17) is 10.5 Å². The summed E-state index contributed by atoms with van der Waals surface area (Å²) in [5.41, 5.74) is 7.26. The largest absolute Gasteiger partial charge is 0.488 e. The zero-order valence-corrected chi connectivity index (χ0v) is 12.9. The normalized spacial score (nSPS) is 11.9. The van der Waals surface area contributed by atoms with E-state index < -0.39 is 12.0 Å². The number of halogens is 1. The van der Waals surface area contributed by atoms with Crippen LogP contribution in [0, 0.1) is 0 Å². The summed E-state index contributed by atoms with van der Waals surface area (Å²) < 4.78 is 5.66. The van der Waals surface area contributed by atoms with Gasteiger partial charge in [0.05, 0.1) is 11.7 Å². The van der Waals surface area contributed by atoms with Crippen molar-refractivity contribution in [2.45, 2.75) is 12.7 Å². The van der Waals surface area contributed by atoms with Crippen LogP contribution in [0.1, 0.15) is 27.6 Å². The molecule has 2 rings (SSSR count). The second-order valence-corrected chi connectivity index (χ2v) is 5.21. The summed E-state index contributed by atoms with van der Waals surface area (Å²) in [6, 6.07) is 14.6. The van der Waals surface area contributed by atoms with Gasteiger partial charge in [-0.05, 0) is 23.3 Å². The molecule has 5 heteroatoms. The summed E-state index contributed by atoms with van der Waals surface area (Å²) in [7, 11) is 0. The van der Waals surface area contributed by atoms with Crippen molar-refractivity contribution in [2.75, 3.05) is 5.33 Å². The van der Waals surface area contributed by atoms with Crippen molar-refractivity contribution >= 4 is 21.8 Å². The molecule has 0 unspecified atom stereocenters. The third kappa shape index (κ3) is 4.06. The molecule has 2 aromatic carbocycles. The fourth-order valence-electron chi connectivity index (χ4n) is 1.90. The molecular formula is C16H16BrNO3. The Balaban J connectivity index is 2.20. The van der Waals surface area contributed by atoms with Gasteiger partial charge in [0.1, 0.15) is 12.4 Å². The molecule has 1 amide bonds. The van der Waals surface area contributed by atoms with Crippen molar-refractivity contribution < 1.29 is 14.6 Å². The van der Waals surface area contributed by atoms with Gasteiger partial charge in [0.15, 0.2) is 0 Å². The summed E-state index contributed by atoms with van der Waals surface area (Å²) in [6.07, 6.45) is -0.689. The number of nitrogens with two attached hydrogens (primary N) is 1. The predicted molar refractivity (Wildman–Crippen MR) is 84.5 cm³/mol. The number of alkyl halides is 1. The van der Waals surface area contributed by atoms with Gasteiger partial charge in [-0.3, -0.25) is 4.79 Å². The Hall–Kier alpha value is -1.85. The number of carbonyl (C=O) groups excluding carboxylic acids is 1. The first-order valence-electron chi connectivity index (χ1n) is 6.46. The Morgan fingerprint density at radius 1 is 1.24 bits per heavy atom. The van der Waals surface area contributed by atoms with Gasteiger partial charge in [0, 0.05) is 5.33 Å². The quantitative estimate of drug-likeness (QED) is 0.787. The van der Waals surface area contributed by atoms with E-state index in [1.807, 2.05) is 30.3 Å². The van der Waals surface area contributed by atoms with Crippen LogP contribution in [0.5, 0.6) is 5.75 Å². The Morgan fingerprint density at radius 2 is 1.95 bits per heavy atom. The van der Waals surface area contributed by atoms with E-state index >= 15 is 0 Å². The number of benzene rings is 2. The molecule has 3 N–H and O–H groups in total. The standard InChI is InChI=1S/C16H16BrNO3/c17-9-14(19)12-6-7-15(13(8-12)16(18)20)21-10-11-4-2-1-3-5-11/h1-8,14,19H,9-10H2,(H2,18,20)/t14-/m0/s1. The molecule has 0 aliphatic rings. The number of hydrogen-bond donors (Lipinski definition) is 2. The van der Waals surface area contributed by atoms with Crippen molar-refractivity contribution in [3.05, 3.63) is 65.2 Å². The van der Waals surface area contributed by atoms with Crippen molar-refractivity contribution in [3.63, 3.8) is 0 Å². The monoisotopic (exact) mass is 349 g/mol. The number of aliphatic hydroxyl groups is 1. The van der Waals surface area contributed by atoms with Crippen molar-refractivity contribution in [1.82, 2.24) is 0 Å². The molecule has 4 nitrogen and oxygen atoms in total. The molecule has 110 valence electrons. The number of carbonyl (C=O) groups is 1. The van der Waals surface area contributed by atoms with Gasteiger partial charge >= 0.3 is 0 Å². The Kier molecular flexibility index (Phi) is 5.36. The lowest BCUT2D eigenvalue weighted by molar-refractivity contribution is 0.0995. The van der Waals surface area contributed by atoms with Crippen LogP contribution in [0.2, 0.25) is 0 Å². The average Bonchev–Trinajstić information content (AvgIpc) is 2.52. The highest BCUT2D eigenvalue weighted by molar-refractivity contribution is 9.09. The number of primary amides is 1. The number of ether oxygens (including phenoxy) is 1. The minimum absolute atomic E-state index is 0.267. The maximum Gasteiger partial charge on any atom is 0.252 e. The molecule has 1 atom stereocenters. The van der Waals surface area contributed by atoms with Crippen LogP contribution in [0.15, 0.2) is 48.5 Å². The zero-order valence-electron chi connectivity index (χ0n) is 11.3. The minimum atomic E-state index is -0.689. The molecule has 21 heavy (non-hydrogen) atoms. The van der Waals surface area contributed by atoms with Gasteiger partial charge in [-0.15, -0.1) is 0 Å². The van der Waals surface area contributed by atoms with Crippen LogP contribution in [-0.4, -0.2) is 16.3 Å². The Labute approximate surface area is 131 Å². The third-order valence-electron chi connectivity index (χ3n) is 3.04. The fourth-order valence-corrected chi connectivity index (χ4v) is 2.27. The van der Waals surface area contributed by atoms with E-state index in [-0.39, 0.29) is 5.56 Å². The summed E-state index contributed by atoms with van der Waals surface area (Å²) in [4.78, 5) is 11.5. The first-order valence-corrected chi connectivity index (χ1v) is 7.58. The number of aliphatic hydroxyl groups excluding tert-OH is 1. The van der Waals surface area contributed by atoms with Crippen LogP contribution in [0.3, 0.4) is 0 Å². The van der Waals surface area contributed by atoms with Gasteiger partial charge in [-0.1, -0.05) is 52.3 Å². The minimum Gasteiger partial charge on any atom is -0.488 e.